The third kappa shape index (κ3) is 8.09. The highest BCUT2D eigenvalue weighted by atomic mass is 32.2. The summed E-state index contributed by atoms with van der Waals surface area (Å²) in [4.78, 5) is 53.1. The summed E-state index contributed by atoms with van der Waals surface area (Å²) in [5.41, 5.74) is 6.48. The Bertz CT molecular complexity index is 653. The van der Waals surface area contributed by atoms with Crippen LogP contribution in [0.4, 0.5) is 0 Å². The number of H-pyrrole nitrogens is 1. The molecule has 27 heavy (non-hydrogen) atoms. The van der Waals surface area contributed by atoms with Crippen LogP contribution in [-0.2, 0) is 25.6 Å². The first-order valence-electron chi connectivity index (χ1n) is 8.01. The van der Waals surface area contributed by atoms with Gasteiger partial charge in [-0.05, 0) is 18.4 Å². The van der Waals surface area contributed by atoms with E-state index in [2.05, 4.69) is 20.6 Å². The average Bonchev–Trinajstić information content (AvgIpc) is 3.09. The molecule has 1 aromatic rings. The molecular formula is C15H23N5O6S. The largest absolute Gasteiger partial charge is 0.481 e. The fraction of sp³-hybridized carbons (Fsp3) is 0.533. The van der Waals surface area contributed by atoms with Gasteiger partial charge in [-0.25, -0.2) is 9.78 Å². The van der Waals surface area contributed by atoms with Crippen molar-refractivity contribution in [3.8, 4) is 0 Å². The van der Waals surface area contributed by atoms with Crippen LogP contribution in [0.15, 0.2) is 12.5 Å². The van der Waals surface area contributed by atoms with Crippen LogP contribution in [0.25, 0.3) is 0 Å². The summed E-state index contributed by atoms with van der Waals surface area (Å²) in [6, 6.07) is -3.57. The molecule has 3 atom stereocenters. The molecule has 11 nitrogen and oxygen atoms in total. The number of carboxylic acid groups (broad SMARTS) is 2. The number of nitrogens with two attached hydrogens (primary N) is 1. The van der Waals surface area contributed by atoms with Crippen molar-refractivity contribution >= 4 is 35.5 Å². The van der Waals surface area contributed by atoms with Gasteiger partial charge in [-0.3, -0.25) is 14.4 Å². The fourth-order valence-corrected chi connectivity index (χ4v) is 2.63. The van der Waals surface area contributed by atoms with Crippen LogP contribution >= 0.6 is 11.8 Å². The highest BCUT2D eigenvalue weighted by molar-refractivity contribution is 7.98. The number of hydrogen-bond acceptors (Lipinski definition) is 7. The summed E-state index contributed by atoms with van der Waals surface area (Å²) in [5.74, 6) is -3.69. The van der Waals surface area contributed by atoms with Crippen molar-refractivity contribution in [2.75, 3.05) is 12.0 Å². The summed E-state index contributed by atoms with van der Waals surface area (Å²) < 4.78 is 0. The van der Waals surface area contributed by atoms with Gasteiger partial charge in [0.15, 0.2) is 0 Å². The Morgan fingerprint density at radius 2 is 1.89 bits per heavy atom. The predicted octanol–water partition coefficient (Wildman–Crippen LogP) is -1.44. The number of amides is 2. The predicted molar refractivity (Wildman–Crippen MR) is 97.0 cm³/mol. The van der Waals surface area contributed by atoms with Crippen molar-refractivity contribution < 1.29 is 29.4 Å². The number of hydrogen-bond donors (Lipinski definition) is 6. The van der Waals surface area contributed by atoms with Crippen molar-refractivity contribution in [3.05, 3.63) is 18.2 Å². The SMILES string of the molecule is CSCCC(NC(=O)C(N)Cc1cnc[nH]1)C(=O)NC(CC(=O)O)C(=O)O. The number of carbonyl (C=O) groups excluding carboxylic acids is 2. The van der Waals surface area contributed by atoms with Crippen LogP contribution in [0.1, 0.15) is 18.5 Å². The molecule has 2 amide bonds. The Balaban J connectivity index is 2.74. The van der Waals surface area contributed by atoms with E-state index in [4.69, 9.17) is 15.9 Å². The topological polar surface area (TPSA) is 187 Å². The number of imidazole rings is 1. The second kappa shape index (κ2) is 11.2. The molecule has 0 saturated carbocycles. The number of aromatic nitrogens is 2. The number of thioether (sulfide) groups is 1. The lowest BCUT2D eigenvalue weighted by Crippen LogP contribution is -2.55. The van der Waals surface area contributed by atoms with E-state index in [1.807, 2.05) is 6.26 Å². The Hall–Kier alpha value is -2.60. The Labute approximate surface area is 159 Å². The lowest BCUT2D eigenvalue weighted by molar-refractivity contribution is -0.147. The van der Waals surface area contributed by atoms with Crippen LogP contribution in [0, 0.1) is 0 Å². The number of nitrogens with zero attached hydrogens (tertiary/aromatic N) is 1. The molecule has 0 spiro atoms. The summed E-state index contributed by atoms with van der Waals surface area (Å²) in [7, 11) is 0. The maximum absolute atomic E-state index is 12.4. The molecule has 150 valence electrons. The van der Waals surface area contributed by atoms with E-state index in [-0.39, 0.29) is 12.8 Å². The van der Waals surface area contributed by atoms with E-state index in [1.165, 1.54) is 24.3 Å². The maximum atomic E-state index is 12.4. The minimum Gasteiger partial charge on any atom is -0.481 e. The van der Waals surface area contributed by atoms with E-state index in [1.54, 1.807) is 0 Å². The molecule has 1 aromatic heterocycles. The molecule has 0 aliphatic heterocycles. The lowest BCUT2D eigenvalue weighted by atomic mass is 10.1. The third-order valence-electron chi connectivity index (χ3n) is 3.57. The minimum atomic E-state index is -1.60. The molecule has 0 aromatic carbocycles. The first kappa shape index (κ1) is 22.4. The van der Waals surface area contributed by atoms with Gasteiger partial charge in [0.05, 0.1) is 18.8 Å². The lowest BCUT2D eigenvalue weighted by Gasteiger charge is -2.22. The molecule has 7 N–H and O–H groups in total. The van der Waals surface area contributed by atoms with E-state index >= 15 is 0 Å². The summed E-state index contributed by atoms with van der Waals surface area (Å²) >= 11 is 1.44. The van der Waals surface area contributed by atoms with Crippen LogP contribution in [-0.4, -0.2) is 74.1 Å². The van der Waals surface area contributed by atoms with Gasteiger partial charge in [-0.1, -0.05) is 0 Å². The number of aromatic amines is 1. The molecule has 0 fully saturated rings. The van der Waals surface area contributed by atoms with Gasteiger partial charge in [-0.2, -0.15) is 11.8 Å². The second-order valence-corrected chi connectivity index (χ2v) is 6.71. The van der Waals surface area contributed by atoms with Gasteiger partial charge in [-0.15, -0.1) is 0 Å². The Morgan fingerprint density at radius 3 is 2.41 bits per heavy atom. The number of carboxylic acids is 2. The van der Waals surface area contributed by atoms with Gasteiger partial charge < -0.3 is 31.6 Å². The van der Waals surface area contributed by atoms with Gasteiger partial charge in [0.1, 0.15) is 12.1 Å². The summed E-state index contributed by atoms with van der Waals surface area (Å²) in [5, 5.41) is 22.4. The van der Waals surface area contributed by atoms with Gasteiger partial charge >= 0.3 is 11.9 Å². The van der Waals surface area contributed by atoms with Gasteiger partial charge in [0.25, 0.3) is 0 Å². The third-order valence-corrected chi connectivity index (χ3v) is 4.21. The molecule has 0 aliphatic carbocycles. The molecule has 1 heterocycles. The van der Waals surface area contributed by atoms with Gasteiger partial charge in [0, 0.05) is 18.3 Å². The fourth-order valence-electron chi connectivity index (χ4n) is 2.16. The molecule has 1 rings (SSSR count). The average molecular weight is 401 g/mol. The summed E-state index contributed by atoms with van der Waals surface area (Å²) in [6.07, 6.45) is 4.42. The smallest absolute Gasteiger partial charge is 0.326 e. The Kier molecular flexibility index (Phi) is 9.30. The van der Waals surface area contributed by atoms with Crippen LogP contribution < -0.4 is 16.4 Å². The van der Waals surface area contributed by atoms with Crippen LogP contribution in [0.3, 0.4) is 0 Å². The zero-order chi connectivity index (χ0) is 20.4. The standard InChI is InChI=1S/C15H23N5O6S/c1-27-3-2-10(14(24)20-11(15(25)26)5-12(21)22)19-13(23)9(16)4-8-6-17-7-18-8/h6-7,9-11H,2-5,16H2,1H3,(H,17,18)(H,19,23)(H,20,24)(H,21,22)(H,25,26). The monoisotopic (exact) mass is 401 g/mol. The van der Waals surface area contributed by atoms with Crippen LogP contribution in [0.2, 0.25) is 0 Å². The first-order valence-corrected chi connectivity index (χ1v) is 9.41. The highest BCUT2D eigenvalue weighted by Gasteiger charge is 2.29. The van der Waals surface area contributed by atoms with Crippen molar-refractivity contribution in [2.24, 2.45) is 5.73 Å². The van der Waals surface area contributed by atoms with E-state index in [9.17, 15) is 19.2 Å². The number of rotatable bonds is 12. The van der Waals surface area contributed by atoms with E-state index in [0.29, 0.717) is 11.4 Å². The summed E-state index contributed by atoms with van der Waals surface area (Å²) in [6.45, 7) is 0. The molecule has 0 radical (unpaired) electrons. The van der Waals surface area contributed by atoms with Crippen molar-refractivity contribution in [3.63, 3.8) is 0 Å². The van der Waals surface area contributed by atoms with Crippen LogP contribution in [0.5, 0.6) is 0 Å². The molecule has 0 aliphatic rings. The zero-order valence-electron chi connectivity index (χ0n) is 14.7. The molecule has 3 unspecified atom stereocenters. The number of aliphatic carboxylic acids is 2. The second-order valence-electron chi connectivity index (χ2n) is 5.73. The first-order chi connectivity index (χ1) is 12.7. The number of carbonyl (C=O) groups is 4. The van der Waals surface area contributed by atoms with Crippen molar-refractivity contribution in [1.82, 2.24) is 20.6 Å². The van der Waals surface area contributed by atoms with Crippen molar-refractivity contribution in [2.45, 2.75) is 37.4 Å². The molecule has 0 saturated heterocycles. The maximum Gasteiger partial charge on any atom is 0.326 e. The highest BCUT2D eigenvalue weighted by Crippen LogP contribution is 2.04. The quantitative estimate of drug-likeness (QED) is 0.244. The van der Waals surface area contributed by atoms with E-state index < -0.39 is 48.3 Å². The van der Waals surface area contributed by atoms with Crippen molar-refractivity contribution in [1.29, 1.82) is 0 Å². The minimum absolute atomic E-state index is 0.180. The number of nitrogens with one attached hydrogen (secondary N) is 3. The normalized spacial score (nSPS) is 14.0. The Morgan fingerprint density at radius 1 is 1.22 bits per heavy atom. The molecule has 12 heteroatoms. The zero-order valence-corrected chi connectivity index (χ0v) is 15.5. The molecule has 0 bridgehead atoms. The molecular weight excluding hydrogens is 378 g/mol. The van der Waals surface area contributed by atoms with Gasteiger partial charge in [0.2, 0.25) is 11.8 Å². The van der Waals surface area contributed by atoms with E-state index in [0.717, 1.165) is 0 Å².